The molecule has 4 rings (SSSR count). The maximum Gasteiger partial charge on any atom is 0.270 e. The summed E-state index contributed by atoms with van der Waals surface area (Å²) in [7, 11) is 1.99. The van der Waals surface area contributed by atoms with E-state index in [1.54, 1.807) is 0 Å². The predicted molar refractivity (Wildman–Crippen MR) is 95.9 cm³/mol. The van der Waals surface area contributed by atoms with Crippen LogP contribution in [0.3, 0.4) is 0 Å². The van der Waals surface area contributed by atoms with Crippen molar-refractivity contribution in [3.8, 4) is 11.3 Å². The number of nitrogens with one attached hydrogen (secondary N) is 1. The number of likely N-dealkylation sites (tertiary alicyclic amines) is 1. The zero-order chi connectivity index (χ0) is 16.6. The Hall–Kier alpha value is -2.07. The van der Waals surface area contributed by atoms with Crippen LogP contribution < -0.4 is 5.32 Å². The van der Waals surface area contributed by atoms with Gasteiger partial charge in [0.25, 0.3) is 5.91 Å². The van der Waals surface area contributed by atoms with E-state index in [0.717, 1.165) is 56.0 Å². The molecule has 1 aromatic heterocycles. The van der Waals surface area contributed by atoms with Gasteiger partial charge in [0.05, 0.1) is 0 Å². The summed E-state index contributed by atoms with van der Waals surface area (Å²) >= 11 is 0. The Morgan fingerprint density at radius 3 is 2.46 bits per heavy atom. The fourth-order valence-corrected chi connectivity index (χ4v) is 4.19. The molecule has 0 radical (unpaired) electrons. The van der Waals surface area contributed by atoms with Gasteiger partial charge in [0, 0.05) is 32.4 Å². The Labute approximate surface area is 143 Å². The third-order valence-electron chi connectivity index (χ3n) is 5.85. The van der Waals surface area contributed by atoms with Crippen LogP contribution in [-0.2, 0) is 7.05 Å². The molecule has 0 bridgehead atoms. The molecular weight excluding hydrogens is 298 g/mol. The highest BCUT2D eigenvalue weighted by Crippen LogP contribution is 2.37. The lowest BCUT2D eigenvalue weighted by Gasteiger charge is -2.38. The SMILES string of the molecule is Cn1c(C(=O)N2CCC3(CCNC3)CC2)ccc1-c1ccccc1. The molecule has 1 N–H and O–H groups in total. The number of benzene rings is 1. The molecule has 3 heterocycles. The van der Waals surface area contributed by atoms with Crippen molar-refractivity contribution in [3.05, 3.63) is 48.2 Å². The molecule has 1 spiro atoms. The van der Waals surface area contributed by atoms with Crippen molar-refractivity contribution in [2.24, 2.45) is 12.5 Å². The third-order valence-corrected chi connectivity index (χ3v) is 5.85. The summed E-state index contributed by atoms with van der Waals surface area (Å²) in [6.45, 7) is 4.02. The molecule has 2 saturated heterocycles. The summed E-state index contributed by atoms with van der Waals surface area (Å²) < 4.78 is 2.03. The number of rotatable bonds is 2. The van der Waals surface area contributed by atoms with Gasteiger partial charge in [0.1, 0.15) is 5.69 Å². The Morgan fingerprint density at radius 1 is 1.04 bits per heavy atom. The van der Waals surface area contributed by atoms with Crippen molar-refractivity contribution in [2.45, 2.75) is 19.3 Å². The lowest BCUT2D eigenvalue weighted by atomic mass is 9.78. The van der Waals surface area contributed by atoms with E-state index in [0.29, 0.717) is 5.41 Å². The molecule has 0 saturated carbocycles. The van der Waals surface area contributed by atoms with Crippen molar-refractivity contribution in [1.29, 1.82) is 0 Å². The fraction of sp³-hybridized carbons (Fsp3) is 0.450. The predicted octanol–water partition coefficient (Wildman–Crippen LogP) is 2.91. The molecular formula is C20H25N3O. The van der Waals surface area contributed by atoms with Gasteiger partial charge in [0.15, 0.2) is 0 Å². The van der Waals surface area contributed by atoms with E-state index in [-0.39, 0.29) is 5.91 Å². The summed E-state index contributed by atoms with van der Waals surface area (Å²) in [4.78, 5) is 15.0. The Kier molecular flexibility index (Phi) is 3.93. The van der Waals surface area contributed by atoms with Gasteiger partial charge in [-0.25, -0.2) is 0 Å². The average Bonchev–Trinajstić information content (AvgIpc) is 3.23. The Morgan fingerprint density at radius 2 is 1.79 bits per heavy atom. The van der Waals surface area contributed by atoms with E-state index < -0.39 is 0 Å². The lowest BCUT2D eigenvalue weighted by Crippen LogP contribution is -2.44. The number of amides is 1. The molecule has 0 unspecified atom stereocenters. The van der Waals surface area contributed by atoms with Crippen LogP contribution in [0.5, 0.6) is 0 Å². The number of aromatic nitrogens is 1. The first-order chi connectivity index (χ1) is 11.7. The van der Waals surface area contributed by atoms with Gasteiger partial charge in [-0.2, -0.15) is 0 Å². The van der Waals surface area contributed by atoms with E-state index in [2.05, 4.69) is 23.5 Å². The van der Waals surface area contributed by atoms with E-state index >= 15 is 0 Å². The average molecular weight is 323 g/mol. The Bertz CT molecular complexity index is 719. The standard InChI is InChI=1S/C20H25N3O/c1-22-17(16-5-3-2-4-6-16)7-8-18(22)19(24)23-13-10-20(11-14-23)9-12-21-15-20/h2-8,21H,9-15H2,1H3. The monoisotopic (exact) mass is 323 g/mol. The van der Waals surface area contributed by atoms with Crippen molar-refractivity contribution in [2.75, 3.05) is 26.2 Å². The van der Waals surface area contributed by atoms with E-state index in [1.807, 2.05) is 40.8 Å². The highest BCUT2D eigenvalue weighted by molar-refractivity contribution is 5.94. The molecule has 2 aliphatic heterocycles. The van der Waals surface area contributed by atoms with E-state index in [1.165, 1.54) is 6.42 Å². The number of hydrogen-bond acceptors (Lipinski definition) is 2. The molecule has 2 aromatic rings. The first kappa shape index (κ1) is 15.5. The molecule has 24 heavy (non-hydrogen) atoms. The largest absolute Gasteiger partial charge is 0.340 e. The van der Waals surface area contributed by atoms with E-state index in [9.17, 15) is 4.79 Å². The molecule has 0 aliphatic carbocycles. The highest BCUT2D eigenvalue weighted by atomic mass is 16.2. The van der Waals surface area contributed by atoms with Crippen molar-refractivity contribution < 1.29 is 4.79 Å². The van der Waals surface area contributed by atoms with Crippen LogP contribution in [-0.4, -0.2) is 41.6 Å². The summed E-state index contributed by atoms with van der Waals surface area (Å²) in [5, 5.41) is 3.48. The molecule has 4 heteroatoms. The van der Waals surface area contributed by atoms with Crippen LogP contribution in [0.2, 0.25) is 0 Å². The molecule has 1 aromatic carbocycles. The number of piperidine rings is 1. The Balaban J connectivity index is 1.50. The topological polar surface area (TPSA) is 37.3 Å². The number of carbonyl (C=O) groups excluding carboxylic acids is 1. The van der Waals surface area contributed by atoms with Gasteiger partial charge in [-0.05, 0) is 48.9 Å². The van der Waals surface area contributed by atoms with Gasteiger partial charge in [0.2, 0.25) is 0 Å². The minimum Gasteiger partial charge on any atom is -0.340 e. The van der Waals surface area contributed by atoms with Gasteiger partial charge >= 0.3 is 0 Å². The van der Waals surface area contributed by atoms with Crippen LogP contribution >= 0.6 is 0 Å². The van der Waals surface area contributed by atoms with Crippen LogP contribution in [0.25, 0.3) is 11.3 Å². The molecule has 2 fully saturated rings. The van der Waals surface area contributed by atoms with Gasteiger partial charge < -0.3 is 14.8 Å². The minimum atomic E-state index is 0.167. The summed E-state index contributed by atoms with van der Waals surface area (Å²) in [5.41, 5.74) is 3.47. The maximum absolute atomic E-state index is 13.0. The molecule has 1 amide bonds. The fourth-order valence-electron chi connectivity index (χ4n) is 4.19. The van der Waals surface area contributed by atoms with Crippen LogP contribution in [0.1, 0.15) is 29.8 Å². The van der Waals surface area contributed by atoms with Crippen molar-refractivity contribution >= 4 is 5.91 Å². The molecule has 0 atom stereocenters. The van der Waals surface area contributed by atoms with Crippen LogP contribution in [0.15, 0.2) is 42.5 Å². The van der Waals surface area contributed by atoms with Gasteiger partial charge in [-0.3, -0.25) is 4.79 Å². The van der Waals surface area contributed by atoms with Gasteiger partial charge in [-0.15, -0.1) is 0 Å². The zero-order valence-corrected chi connectivity index (χ0v) is 14.3. The normalized spacial score (nSPS) is 19.8. The minimum absolute atomic E-state index is 0.167. The number of nitrogens with zero attached hydrogens (tertiary/aromatic N) is 2. The lowest BCUT2D eigenvalue weighted by molar-refractivity contribution is 0.0598. The summed E-state index contributed by atoms with van der Waals surface area (Å²) in [6.07, 6.45) is 3.51. The first-order valence-corrected chi connectivity index (χ1v) is 8.90. The van der Waals surface area contributed by atoms with Crippen LogP contribution in [0, 0.1) is 5.41 Å². The third kappa shape index (κ3) is 2.65. The van der Waals surface area contributed by atoms with Crippen LogP contribution in [0.4, 0.5) is 0 Å². The zero-order valence-electron chi connectivity index (χ0n) is 14.3. The second kappa shape index (κ2) is 6.10. The second-order valence-electron chi connectivity index (χ2n) is 7.25. The number of hydrogen-bond donors (Lipinski definition) is 1. The van der Waals surface area contributed by atoms with Gasteiger partial charge in [-0.1, -0.05) is 30.3 Å². The van der Waals surface area contributed by atoms with E-state index in [4.69, 9.17) is 0 Å². The quantitative estimate of drug-likeness (QED) is 0.923. The smallest absolute Gasteiger partial charge is 0.270 e. The summed E-state index contributed by atoms with van der Waals surface area (Å²) in [6, 6.07) is 14.3. The second-order valence-corrected chi connectivity index (χ2v) is 7.25. The van der Waals surface area contributed by atoms with Crippen molar-refractivity contribution in [3.63, 3.8) is 0 Å². The maximum atomic E-state index is 13.0. The first-order valence-electron chi connectivity index (χ1n) is 8.90. The van der Waals surface area contributed by atoms with Crippen molar-refractivity contribution in [1.82, 2.24) is 14.8 Å². The molecule has 4 nitrogen and oxygen atoms in total. The molecule has 126 valence electrons. The number of carbonyl (C=O) groups is 1. The molecule has 2 aliphatic rings. The highest BCUT2D eigenvalue weighted by Gasteiger charge is 2.38. The summed E-state index contributed by atoms with van der Waals surface area (Å²) in [5.74, 6) is 0.167.